The average molecular weight is 135 g/mol. The van der Waals surface area contributed by atoms with Crippen molar-refractivity contribution in [3.63, 3.8) is 0 Å². The molecule has 4 heteroatoms. The minimum atomic E-state index is 0. The number of aromatic amines is 1. The second-order valence-electron chi connectivity index (χ2n) is 1.09. The molecule has 37 valence electrons. The molecule has 1 N–H and O–H groups in total. The number of nitrogens with zero attached hydrogens (tertiary/aromatic N) is 1. The zero-order valence-electron chi connectivity index (χ0n) is 4.59. The molecule has 8 heavy (non-hydrogen) atoms. The summed E-state index contributed by atoms with van der Waals surface area (Å²) in [5.41, 5.74) is 0. The molecule has 1 aromatic heterocycles. The van der Waals surface area contributed by atoms with Gasteiger partial charge in [0.25, 0.3) is 0 Å². The third kappa shape index (κ3) is 2.57. The van der Waals surface area contributed by atoms with Crippen molar-refractivity contribution < 1.29 is 0 Å². The van der Waals surface area contributed by atoms with Crippen LogP contribution in [0.15, 0.2) is 18.5 Å². The number of hydrogen-bond donors (Lipinski definition) is 1. The van der Waals surface area contributed by atoms with Gasteiger partial charge >= 0.3 is 0 Å². The molecule has 1 rings (SSSR count). The Kier molecular flexibility index (Phi) is 4.36. The van der Waals surface area contributed by atoms with Crippen molar-refractivity contribution in [1.29, 1.82) is 0 Å². The Morgan fingerprint density at radius 1 is 1.62 bits per heavy atom. The fourth-order valence-corrected chi connectivity index (χ4v) is 0.439. The molecule has 0 aliphatic carbocycles. The molecular formula is C4H4N2NaS. The molecule has 0 spiro atoms. The zero-order valence-corrected chi connectivity index (χ0v) is 7.40. The van der Waals surface area contributed by atoms with Crippen molar-refractivity contribution in [3.05, 3.63) is 23.2 Å². The van der Waals surface area contributed by atoms with Crippen LogP contribution in [-0.4, -0.2) is 39.5 Å². The van der Waals surface area contributed by atoms with Crippen molar-refractivity contribution >= 4 is 41.8 Å². The van der Waals surface area contributed by atoms with Crippen molar-refractivity contribution in [2.45, 2.75) is 0 Å². The van der Waals surface area contributed by atoms with Gasteiger partial charge in [0.15, 0.2) is 4.77 Å². The maximum absolute atomic E-state index is 4.65. The first kappa shape index (κ1) is 8.30. The summed E-state index contributed by atoms with van der Waals surface area (Å²) in [5, 5.41) is 0. The van der Waals surface area contributed by atoms with Gasteiger partial charge in [-0.25, -0.2) is 4.98 Å². The van der Waals surface area contributed by atoms with Gasteiger partial charge in [-0.1, -0.05) is 0 Å². The minimum absolute atomic E-state index is 0. The van der Waals surface area contributed by atoms with E-state index in [0.29, 0.717) is 4.77 Å². The maximum atomic E-state index is 4.65. The molecule has 0 saturated carbocycles. The van der Waals surface area contributed by atoms with Crippen LogP contribution in [0.5, 0.6) is 0 Å². The zero-order chi connectivity index (χ0) is 5.11. The van der Waals surface area contributed by atoms with E-state index in [4.69, 9.17) is 0 Å². The van der Waals surface area contributed by atoms with Crippen LogP contribution in [0.1, 0.15) is 0 Å². The number of nitrogens with one attached hydrogen (secondary N) is 1. The van der Waals surface area contributed by atoms with Crippen LogP contribution in [0.4, 0.5) is 0 Å². The van der Waals surface area contributed by atoms with Crippen LogP contribution in [0, 0.1) is 4.77 Å². The van der Waals surface area contributed by atoms with Crippen LogP contribution in [0.3, 0.4) is 0 Å². The summed E-state index contributed by atoms with van der Waals surface area (Å²) in [6.07, 6.45) is 3.40. The Labute approximate surface area is 74.6 Å². The Morgan fingerprint density at radius 3 is 2.62 bits per heavy atom. The summed E-state index contributed by atoms with van der Waals surface area (Å²) in [7, 11) is 0. The molecule has 0 fully saturated rings. The quantitative estimate of drug-likeness (QED) is 0.420. The van der Waals surface area contributed by atoms with Crippen LogP contribution in [0.2, 0.25) is 0 Å². The predicted molar refractivity (Wildman–Crippen MR) is 35.2 cm³/mol. The SMILES string of the molecule is S=c1nccc[nH]1.[Na]. The topological polar surface area (TPSA) is 28.7 Å². The predicted octanol–water partition coefficient (Wildman–Crippen LogP) is 0.758. The number of rotatable bonds is 0. The third-order valence-electron chi connectivity index (χ3n) is 0.581. The first-order valence-corrected chi connectivity index (χ1v) is 2.30. The molecule has 0 aromatic carbocycles. The molecule has 0 amide bonds. The van der Waals surface area contributed by atoms with Gasteiger partial charge in [-0.3, -0.25) is 0 Å². The molecule has 1 radical (unpaired) electrons. The summed E-state index contributed by atoms with van der Waals surface area (Å²) >= 11 is 4.65. The smallest absolute Gasteiger partial charge is 0.196 e. The van der Waals surface area contributed by atoms with E-state index >= 15 is 0 Å². The van der Waals surface area contributed by atoms with Crippen LogP contribution >= 0.6 is 12.2 Å². The summed E-state index contributed by atoms with van der Waals surface area (Å²) in [5.74, 6) is 0. The average Bonchev–Trinajstić information content (AvgIpc) is 1.69. The maximum Gasteiger partial charge on any atom is 0.196 e. The van der Waals surface area contributed by atoms with E-state index in [0.717, 1.165) is 0 Å². The second kappa shape index (κ2) is 4.21. The molecule has 0 aliphatic heterocycles. The Balaban J connectivity index is 0.000000490. The number of aromatic nitrogens is 2. The monoisotopic (exact) mass is 135 g/mol. The summed E-state index contributed by atoms with van der Waals surface area (Å²) < 4.78 is 0.530. The normalized spacial score (nSPS) is 7.50. The molecule has 0 unspecified atom stereocenters. The van der Waals surface area contributed by atoms with Gasteiger partial charge in [0.2, 0.25) is 0 Å². The molecular weight excluding hydrogens is 131 g/mol. The number of H-pyrrole nitrogens is 1. The van der Waals surface area contributed by atoms with E-state index in [1.165, 1.54) is 0 Å². The van der Waals surface area contributed by atoms with Crippen molar-refractivity contribution in [3.8, 4) is 0 Å². The molecule has 0 atom stereocenters. The van der Waals surface area contributed by atoms with Gasteiger partial charge in [-0.15, -0.1) is 0 Å². The molecule has 2 nitrogen and oxygen atoms in total. The van der Waals surface area contributed by atoms with E-state index in [1.807, 2.05) is 0 Å². The summed E-state index contributed by atoms with van der Waals surface area (Å²) in [6, 6.07) is 1.79. The molecule has 0 bridgehead atoms. The Bertz CT molecular complexity index is 180. The summed E-state index contributed by atoms with van der Waals surface area (Å²) in [6.45, 7) is 0. The summed E-state index contributed by atoms with van der Waals surface area (Å²) in [4.78, 5) is 6.47. The van der Waals surface area contributed by atoms with Crippen LogP contribution in [0.25, 0.3) is 0 Å². The van der Waals surface area contributed by atoms with E-state index in [2.05, 4.69) is 22.2 Å². The number of hydrogen-bond acceptors (Lipinski definition) is 2. The molecule has 0 saturated heterocycles. The van der Waals surface area contributed by atoms with Gasteiger partial charge in [-0.2, -0.15) is 0 Å². The third-order valence-corrected chi connectivity index (χ3v) is 0.804. The fourth-order valence-electron chi connectivity index (χ4n) is 0.310. The van der Waals surface area contributed by atoms with Gasteiger partial charge in [0.1, 0.15) is 0 Å². The van der Waals surface area contributed by atoms with Crippen LogP contribution in [-0.2, 0) is 0 Å². The van der Waals surface area contributed by atoms with E-state index in [9.17, 15) is 0 Å². The molecule has 1 heterocycles. The Hall–Kier alpha value is 0.300. The van der Waals surface area contributed by atoms with Crippen LogP contribution < -0.4 is 0 Å². The minimum Gasteiger partial charge on any atom is -0.337 e. The molecule has 0 aliphatic rings. The van der Waals surface area contributed by atoms with Gasteiger partial charge in [0.05, 0.1) is 0 Å². The van der Waals surface area contributed by atoms with E-state index < -0.39 is 0 Å². The van der Waals surface area contributed by atoms with Crippen molar-refractivity contribution in [2.24, 2.45) is 0 Å². The van der Waals surface area contributed by atoms with E-state index in [1.54, 1.807) is 18.5 Å². The standard InChI is InChI=1S/C4H4N2S.Na/c7-4-5-2-1-3-6-4;/h1-3H,(H,5,6,7);. The largest absolute Gasteiger partial charge is 0.337 e. The molecule has 1 aromatic rings. The van der Waals surface area contributed by atoms with Gasteiger partial charge in [0, 0.05) is 42.0 Å². The van der Waals surface area contributed by atoms with Gasteiger partial charge < -0.3 is 4.98 Å². The first-order chi connectivity index (χ1) is 3.39. The van der Waals surface area contributed by atoms with Gasteiger partial charge in [-0.05, 0) is 18.3 Å². The first-order valence-electron chi connectivity index (χ1n) is 1.89. The van der Waals surface area contributed by atoms with E-state index in [-0.39, 0.29) is 29.6 Å². The second-order valence-corrected chi connectivity index (χ2v) is 1.47. The Morgan fingerprint density at radius 2 is 2.38 bits per heavy atom. The fraction of sp³-hybridized carbons (Fsp3) is 0. The van der Waals surface area contributed by atoms with Crippen molar-refractivity contribution in [2.75, 3.05) is 0 Å². The van der Waals surface area contributed by atoms with Crippen molar-refractivity contribution in [1.82, 2.24) is 9.97 Å².